The van der Waals surface area contributed by atoms with Crippen molar-refractivity contribution in [3.63, 3.8) is 0 Å². The number of hydrogen-bond acceptors (Lipinski definition) is 3. The summed E-state index contributed by atoms with van der Waals surface area (Å²) in [5.74, 6) is 0.986. The van der Waals surface area contributed by atoms with Crippen molar-refractivity contribution in [2.45, 2.75) is 41.5 Å². The third-order valence-corrected chi connectivity index (χ3v) is 1.00. The molecule has 0 spiro atoms. The van der Waals surface area contributed by atoms with E-state index in [0.29, 0.717) is 17.8 Å². The fourth-order valence-electron chi connectivity index (χ4n) is 0. The van der Waals surface area contributed by atoms with Crippen LogP contribution in [-0.2, 0) is 21.7 Å². The van der Waals surface area contributed by atoms with Gasteiger partial charge < -0.3 is 22.7 Å². The van der Waals surface area contributed by atoms with E-state index >= 15 is 0 Å². The van der Waals surface area contributed by atoms with Crippen molar-refractivity contribution < 1.29 is 37.0 Å². The van der Waals surface area contributed by atoms with E-state index in [1.807, 2.05) is 41.5 Å². The van der Waals surface area contributed by atoms with Crippen molar-refractivity contribution >= 4 is 0 Å². The van der Waals surface area contributed by atoms with Crippen LogP contribution < -0.4 is 15.3 Å². The Labute approximate surface area is 124 Å². The Morgan fingerprint density at radius 1 is 0.588 bits per heavy atom. The molecule has 0 aromatic rings. The predicted octanol–water partition coefficient (Wildman–Crippen LogP) is 0.456. The fourth-order valence-corrected chi connectivity index (χ4v) is 0. The van der Waals surface area contributed by atoms with E-state index in [2.05, 4.69) is 0 Å². The van der Waals surface area contributed by atoms with Crippen LogP contribution in [0.4, 0.5) is 0 Å². The van der Waals surface area contributed by atoms with E-state index in [-0.39, 0.29) is 49.0 Å². The van der Waals surface area contributed by atoms with Gasteiger partial charge in [-0.15, -0.1) is 19.8 Å². The van der Waals surface area contributed by atoms with E-state index < -0.39 is 0 Å². The van der Waals surface area contributed by atoms with Gasteiger partial charge in [0, 0.05) is 0 Å². The number of rotatable bonds is 3. The van der Waals surface area contributed by atoms with Crippen LogP contribution in [0.1, 0.15) is 41.5 Å². The summed E-state index contributed by atoms with van der Waals surface area (Å²) in [6.45, 7) is 11.6. The van der Waals surface area contributed by atoms with Gasteiger partial charge in [-0.1, -0.05) is 59.3 Å². The van der Waals surface area contributed by atoms with Crippen LogP contribution in [0, 0.1) is 25.2 Å². The molecule has 0 aliphatic heterocycles. The normalized spacial score (nSPS) is 8.47. The van der Waals surface area contributed by atoms with Gasteiger partial charge >= 0.3 is 21.7 Å². The Morgan fingerprint density at radius 2 is 0.647 bits per heavy atom. The molecular formula is C13H30O3Ti. The third kappa shape index (κ3) is 81.3. The van der Waals surface area contributed by atoms with Crippen molar-refractivity contribution in [2.24, 2.45) is 17.8 Å². The molecule has 4 heteroatoms. The summed E-state index contributed by atoms with van der Waals surface area (Å²) in [4.78, 5) is 0. The average Bonchev–Trinajstić information content (AvgIpc) is 2.19. The van der Waals surface area contributed by atoms with Crippen LogP contribution in [0.3, 0.4) is 0 Å². The van der Waals surface area contributed by atoms with Gasteiger partial charge in [0.2, 0.25) is 0 Å². The van der Waals surface area contributed by atoms with Crippen molar-refractivity contribution in [3.8, 4) is 0 Å². The first-order chi connectivity index (χ1) is 6.81. The smallest absolute Gasteiger partial charge is 0.854 e. The second kappa shape index (κ2) is 25.4. The minimum absolute atomic E-state index is 0. The summed E-state index contributed by atoms with van der Waals surface area (Å²) >= 11 is 0. The van der Waals surface area contributed by atoms with Gasteiger partial charge in [0.25, 0.3) is 0 Å². The Balaban J connectivity index is -0.0000000400. The first kappa shape index (κ1) is 30.5. The van der Waals surface area contributed by atoms with Crippen molar-refractivity contribution in [3.05, 3.63) is 7.43 Å². The molecule has 0 aromatic carbocycles. The molecule has 3 nitrogen and oxygen atoms in total. The quantitative estimate of drug-likeness (QED) is 0.557. The van der Waals surface area contributed by atoms with Crippen LogP contribution in [0.15, 0.2) is 0 Å². The van der Waals surface area contributed by atoms with E-state index in [1.54, 1.807) is 0 Å². The molecule has 0 aliphatic carbocycles. The summed E-state index contributed by atoms with van der Waals surface area (Å²) in [7, 11) is 0. The summed E-state index contributed by atoms with van der Waals surface area (Å²) < 4.78 is 0. The van der Waals surface area contributed by atoms with E-state index in [0.717, 1.165) is 0 Å². The zero-order valence-electron chi connectivity index (χ0n) is 12.6. The predicted molar refractivity (Wildman–Crippen MR) is 65.5 cm³/mol. The summed E-state index contributed by atoms with van der Waals surface area (Å²) in [6, 6.07) is 0. The van der Waals surface area contributed by atoms with E-state index in [1.165, 1.54) is 0 Å². The first-order valence-corrected chi connectivity index (χ1v) is 5.55. The Morgan fingerprint density at radius 3 is 0.647 bits per heavy atom. The molecule has 0 amide bonds. The number of hydrogen-bond donors (Lipinski definition) is 0. The SMILES string of the molecule is CC(C)C[O-].CC(C)C[O-].CC(C)C[O-].[CH3-].[Ti+4]. The molecule has 0 saturated heterocycles. The fraction of sp³-hybridized carbons (Fsp3) is 0.923. The molecule has 0 rings (SSSR count). The van der Waals surface area contributed by atoms with Gasteiger partial charge in [0.1, 0.15) is 0 Å². The molecule has 0 aromatic heterocycles. The minimum Gasteiger partial charge on any atom is -0.854 e. The molecule has 0 unspecified atom stereocenters. The van der Waals surface area contributed by atoms with Crippen molar-refractivity contribution in [2.75, 3.05) is 19.8 Å². The molecule has 0 radical (unpaired) electrons. The first-order valence-electron chi connectivity index (χ1n) is 5.55. The average molecular weight is 282 g/mol. The maximum Gasteiger partial charge on any atom is 4.00 e. The van der Waals surface area contributed by atoms with E-state index in [9.17, 15) is 15.3 Å². The monoisotopic (exact) mass is 282 g/mol. The van der Waals surface area contributed by atoms with E-state index in [4.69, 9.17) is 0 Å². The molecule has 104 valence electrons. The standard InChI is InChI=1S/3C4H9O.CH3.Ti/c3*1-4(2)3-5;;/h3*4H,3H2,1-2H3;1H3;/q4*-1;+4. The summed E-state index contributed by atoms with van der Waals surface area (Å²) in [5.41, 5.74) is 0. The molecule has 0 atom stereocenters. The Bertz CT molecular complexity index is 77.6. The van der Waals surface area contributed by atoms with Crippen LogP contribution in [0.25, 0.3) is 0 Å². The maximum absolute atomic E-state index is 9.63. The Hall–Kier alpha value is 0.594. The molecule has 0 saturated carbocycles. The van der Waals surface area contributed by atoms with Crippen LogP contribution in [0.2, 0.25) is 0 Å². The van der Waals surface area contributed by atoms with Crippen LogP contribution in [0.5, 0.6) is 0 Å². The van der Waals surface area contributed by atoms with Gasteiger partial charge in [-0.25, -0.2) is 0 Å². The van der Waals surface area contributed by atoms with Crippen molar-refractivity contribution in [1.29, 1.82) is 0 Å². The van der Waals surface area contributed by atoms with Gasteiger partial charge in [0.15, 0.2) is 0 Å². The second-order valence-electron chi connectivity index (χ2n) is 4.68. The molecule has 0 bridgehead atoms. The van der Waals surface area contributed by atoms with Crippen molar-refractivity contribution in [1.82, 2.24) is 0 Å². The zero-order valence-corrected chi connectivity index (χ0v) is 14.1. The van der Waals surface area contributed by atoms with Gasteiger partial charge in [-0.2, -0.15) is 0 Å². The largest absolute Gasteiger partial charge is 4.00 e. The van der Waals surface area contributed by atoms with Crippen LogP contribution >= 0.6 is 0 Å². The minimum atomic E-state index is 0. The molecule has 0 fully saturated rings. The van der Waals surface area contributed by atoms with Gasteiger partial charge in [0.05, 0.1) is 0 Å². The topological polar surface area (TPSA) is 69.2 Å². The van der Waals surface area contributed by atoms with Gasteiger partial charge in [-0.3, -0.25) is 0 Å². The van der Waals surface area contributed by atoms with Crippen LogP contribution in [-0.4, -0.2) is 19.8 Å². The summed E-state index contributed by atoms with van der Waals surface area (Å²) in [5, 5.41) is 28.9. The zero-order chi connectivity index (χ0) is 12.9. The molecule has 0 aliphatic rings. The maximum atomic E-state index is 9.63. The molecule has 0 heterocycles. The molecule has 0 N–H and O–H groups in total. The third-order valence-electron chi connectivity index (χ3n) is 1.00. The second-order valence-corrected chi connectivity index (χ2v) is 4.68. The molecule has 17 heavy (non-hydrogen) atoms. The Kier molecular flexibility index (Phi) is 45.7. The van der Waals surface area contributed by atoms with Gasteiger partial charge in [-0.05, 0) is 0 Å². The molecular weight excluding hydrogens is 252 g/mol. The summed E-state index contributed by atoms with van der Waals surface area (Å²) in [6.07, 6.45) is 0.